The summed E-state index contributed by atoms with van der Waals surface area (Å²) in [5, 5.41) is 10.8. The molecule has 0 N–H and O–H groups in total. The average Bonchev–Trinajstić information content (AvgIpc) is 3.20. The fourth-order valence-electron chi connectivity index (χ4n) is 4.21. The van der Waals surface area contributed by atoms with Crippen LogP contribution in [0.2, 0.25) is 0 Å². The Labute approximate surface area is 139 Å². The first-order valence-electron chi connectivity index (χ1n) is 7.72. The lowest BCUT2D eigenvalue weighted by atomic mass is 9.99. The number of carbonyl (C=O) groups is 2. The minimum absolute atomic E-state index is 0.0339. The van der Waals surface area contributed by atoms with Crippen LogP contribution in [-0.4, -0.2) is 33.8 Å². The number of piperidine rings is 1. The highest BCUT2D eigenvalue weighted by molar-refractivity contribution is 6.22. The second kappa shape index (κ2) is 4.93. The Balaban J connectivity index is 1.77. The predicted molar refractivity (Wildman–Crippen MR) is 77.7 cm³/mol. The number of carbonyl (C=O) groups excluding carboxylic acids is 2. The smallest absolute Gasteiger partial charge is 0.309 e. The molecule has 4 rings (SSSR count). The van der Waals surface area contributed by atoms with Crippen LogP contribution in [0, 0.1) is 16.0 Å². The van der Waals surface area contributed by atoms with Gasteiger partial charge in [0.15, 0.2) is 0 Å². The Morgan fingerprint density at radius 1 is 1.20 bits per heavy atom. The lowest BCUT2D eigenvalue weighted by molar-refractivity contribution is -0.388. The summed E-state index contributed by atoms with van der Waals surface area (Å²) in [6, 6.07) is 0.846. The van der Waals surface area contributed by atoms with Gasteiger partial charge in [-0.25, -0.2) is 9.69 Å². The van der Waals surface area contributed by atoms with Gasteiger partial charge in [0.1, 0.15) is 11.6 Å². The molecule has 1 aromatic rings. The molecule has 132 valence electrons. The molecule has 2 bridgehead atoms. The van der Waals surface area contributed by atoms with Gasteiger partial charge in [-0.3, -0.25) is 14.9 Å². The zero-order valence-corrected chi connectivity index (χ0v) is 12.7. The molecule has 0 aromatic heterocycles. The average molecular weight is 355 g/mol. The molecule has 0 spiro atoms. The molecule has 25 heavy (non-hydrogen) atoms. The Bertz CT molecular complexity index is 782. The number of anilines is 1. The highest BCUT2D eigenvalue weighted by Crippen LogP contribution is 2.48. The van der Waals surface area contributed by atoms with Crippen molar-refractivity contribution in [3.05, 3.63) is 33.9 Å². The zero-order chi connectivity index (χ0) is 18.1. The molecule has 3 fully saturated rings. The number of fused-ring (bicyclic) bond motifs is 5. The first-order valence-corrected chi connectivity index (χ1v) is 7.72. The van der Waals surface area contributed by atoms with E-state index in [0.29, 0.717) is 17.0 Å². The van der Waals surface area contributed by atoms with Gasteiger partial charge < -0.3 is 4.90 Å². The third-order valence-electron chi connectivity index (χ3n) is 5.21. The summed E-state index contributed by atoms with van der Waals surface area (Å²) in [5.41, 5.74) is -2.89. The van der Waals surface area contributed by atoms with Gasteiger partial charge in [-0.15, -0.1) is 0 Å². The number of hydrogen-bond acceptors (Lipinski definition) is 4. The number of urea groups is 1. The van der Waals surface area contributed by atoms with Crippen molar-refractivity contribution in [3.8, 4) is 0 Å². The van der Waals surface area contributed by atoms with Crippen LogP contribution in [0.5, 0.6) is 0 Å². The SMILES string of the molecule is O=C1C2C3CCC(C3)N2C(=O)N1c1ccc([N+](=O)[O-])c(C(F)(F)F)c1. The van der Waals surface area contributed by atoms with E-state index in [1.807, 2.05) is 0 Å². The van der Waals surface area contributed by atoms with Crippen LogP contribution < -0.4 is 4.90 Å². The van der Waals surface area contributed by atoms with Crippen LogP contribution in [0.1, 0.15) is 24.8 Å². The van der Waals surface area contributed by atoms with Gasteiger partial charge in [-0.05, 0) is 37.3 Å². The number of rotatable bonds is 2. The Hall–Kier alpha value is -2.65. The van der Waals surface area contributed by atoms with E-state index in [0.717, 1.165) is 25.3 Å². The molecule has 3 amide bonds. The third kappa shape index (κ3) is 2.12. The number of halogens is 3. The van der Waals surface area contributed by atoms with Crippen molar-refractivity contribution in [2.75, 3.05) is 4.90 Å². The van der Waals surface area contributed by atoms with Crippen molar-refractivity contribution in [1.29, 1.82) is 0 Å². The number of alkyl halides is 3. The fraction of sp³-hybridized carbons (Fsp3) is 0.467. The maximum atomic E-state index is 13.1. The Kier molecular flexibility index (Phi) is 3.13. The number of nitro benzene ring substituents is 1. The molecule has 0 radical (unpaired) electrons. The summed E-state index contributed by atoms with van der Waals surface area (Å²) in [4.78, 5) is 37.1. The minimum Gasteiger partial charge on any atom is -0.309 e. The Morgan fingerprint density at radius 2 is 1.92 bits per heavy atom. The minimum atomic E-state index is -4.97. The molecular formula is C15H12F3N3O4. The van der Waals surface area contributed by atoms with Crippen molar-refractivity contribution in [3.63, 3.8) is 0 Å². The molecular weight excluding hydrogens is 343 g/mol. The van der Waals surface area contributed by atoms with Crippen LogP contribution in [0.15, 0.2) is 18.2 Å². The van der Waals surface area contributed by atoms with Crippen LogP contribution in [0.4, 0.5) is 29.3 Å². The fourth-order valence-corrected chi connectivity index (χ4v) is 4.21. The molecule has 10 heteroatoms. The quantitative estimate of drug-likeness (QED) is 0.464. The zero-order valence-electron chi connectivity index (χ0n) is 12.7. The summed E-state index contributed by atoms with van der Waals surface area (Å²) < 4.78 is 39.4. The largest absolute Gasteiger partial charge is 0.423 e. The number of nitrogens with zero attached hydrogens (tertiary/aromatic N) is 3. The highest BCUT2D eigenvalue weighted by Gasteiger charge is 2.59. The van der Waals surface area contributed by atoms with E-state index in [2.05, 4.69) is 0 Å². The van der Waals surface area contributed by atoms with Gasteiger partial charge in [0.25, 0.3) is 11.6 Å². The summed E-state index contributed by atoms with van der Waals surface area (Å²) in [6.07, 6.45) is -2.64. The van der Waals surface area contributed by atoms with Gasteiger partial charge >= 0.3 is 12.2 Å². The highest BCUT2D eigenvalue weighted by atomic mass is 19.4. The third-order valence-corrected chi connectivity index (χ3v) is 5.21. The normalized spacial score (nSPS) is 28.0. The van der Waals surface area contributed by atoms with E-state index in [-0.39, 0.29) is 17.6 Å². The lowest BCUT2D eigenvalue weighted by Gasteiger charge is -2.25. The first kappa shape index (κ1) is 15.9. The maximum absolute atomic E-state index is 13.1. The monoisotopic (exact) mass is 355 g/mol. The van der Waals surface area contributed by atoms with Crippen molar-refractivity contribution in [2.24, 2.45) is 5.92 Å². The van der Waals surface area contributed by atoms with Crippen LogP contribution >= 0.6 is 0 Å². The lowest BCUT2D eigenvalue weighted by Crippen LogP contribution is -2.40. The van der Waals surface area contributed by atoms with Gasteiger partial charge in [-0.2, -0.15) is 13.2 Å². The van der Waals surface area contributed by atoms with E-state index >= 15 is 0 Å². The van der Waals surface area contributed by atoms with Crippen molar-refractivity contribution < 1.29 is 27.7 Å². The second-order valence-corrected chi connectivity index (χ2v) is 6.49. The number of hydrogen-bond donors (Lipinski definition) is 0. The van der Waals surface area contributed by atoms with E-state index in [4.69, 9.17) is 0 Å². The van der Waals surface area contributed by atoms with Gasteiger partial charge in [0.05, 0.1) is 10.6 Å². The van der Waals surface area contributed by atoms with Crippen molar-refractivity contribution >= 4 is 23.3 Å². The summed E-state index contributed by atoms with van der Waals surface area (Å²) in [5.74, 6) is -0.522. The molecule has 7 nitrogen and oxygen atoms in total. The topological polar surface area (TPSA) is 83.8 Å². The number of benzene rings is 1. The molecule has 1 aliphatic carbocycles. The number of amides is 3. The van der Waals surface area contributed by atoms with E-state index in [9.17, 15) is 32.9 Å². The molecule has 1 aromatic carbocycles. The molecule has 3 aliphatic rings. The summed E-state index contributed by atoms with van der Waals surface area (Å²) >= 11 is 0. The molecule has 1 saturated carbocycles. The number of nitro groups is 1. The van der Waals surface area contributed by atoms with Crippen LogP contribution in [0.3, 0.4) is 0 Å². The molecule has 2 heterocycles. The number of imide groups is 1. The standard InChI is InChI=1S/C15H12F3N3O4/c16-15(17,18)10-6-9(3-4-11(10)21(24)25)20-13(22)12-7-1-2-8(5-7)19(12)14(20)23/h3-4,6-8,12H,1-2,5H2. The summed E-state index contributed by atoms with van der Waals surface area (Å²) in [6.45, 7) is 0. The second-order valence-electron chi connectivity index (χ2n) is 6.49. The van der Waals surface area contributed by atoms with Gasteiger partial charge in [0, 0.05) is 12.1 Å². The van der Waals surface area contributed by atoms with E-state index in [1.54, 1.807) is 0 Å². The predicted octanol–water partition coefficient (Wildman–Crippen LogP) is 2.93. The Morgan fingerprint density at radius 3 is 2.52 bits per heavy atom. The van der Waals surface area contributed by atoms with Crippen molar-refractivity contribution in [2.45, 2.75) is 37.5 Å². The summed E-state index contributed by atoms with van der Waals surface area (Å²) in [7, 11) is 0. The molecule has 2 saturated heterocycles. The first-order chi connectivity index (χ1) is 11.7. The molecule has 3 atom stereocenters. The maximum Gasteiger partial charge on any atom is 0.423 e. The van der Waals surface area contributed by atoms with E-state index < -0.39 is 40.3 Å². The van der Waals surface area contributed by atoms with Gasteiger partial charge in [-0.1, -0.05) is 0 Å². The molecule has 3 unspecified atom stereocenters. The van der Waals surface area contributed by atoms with Crippen molar-refractivity contribution in [1.82, 2.24) is 4.90 Å². The van der Waals surface area contributed by atoms with Gasteiger partial charge in [0.2, 0.25) is 0 Å². The van der Waals surface area contributed by atoms with Crippen LogP contribution in [-0.2, 0) is 11.0 Å². The molecule has 2 aliphatic heterocycles. The van der Waals surface area contributed by atoms with Crippen LogP contribution in [0.25, 0.3) is 0 Å². The van der Waals surface area contributed by atoms with E-state index in [1.165, 1.54) is 4.90 Å².